The van der Waals surface area contributed by atoms with Gasteiger partial charge in [0.05, 0.1) is 22.4 Å². The number of nitrogens with one attached hydrogen (secondary N) is 2. The van der Waals surface area contributed by atoms with E-state index >= 15 is 0 Å². The molecule has 41 heavy (non-hydrogen) atoms. The van der Waals surface area contributed by atoms with Gasteiger partial charge in [0.15, 0.2) is 0 Å². The molecule has 0 atom stereocenters. The first-order chi connectivity index (χ1) is 19.7. The molecule has 0 unspecified atom stereocenters. The van der Waals surface area contributed by atoms with Crippen molar-refractivity contribution in [3.05, 3.63) is 102 Å². The monoisotopic (exact) mass is 567 g/mol. The zero-order valence-electron chi connectivity index (χ0n) is 21.9. The number of carbonyl (C=O) groups excluding carboxylic acids is 2. The third-order valence-corrected chi connectivity index (χ3v) is 7.61. The molecule has 0 fully saturated rings. The van der Waals surface area contributed by atoms with Crippen LogP contribution in [0.3, 0.4) is 0 Å². The summed E-state index contributed by atoms with van der Waals surface area (Å²) < 4.78 is 2.25. The lowest BCUT2D eigenvalue weighted by molar-refractivity contribution is -0.113. The van der Waals surface area contributed by atoms with Gasteiger partial charge < -0.3 is 25.4 Å². The summed E-state index contributed by atoms with van der Waals surface area (Å²) in [4.78, 5) is 48.9. The number of nitrogens with zero attached hydrogens (tertiary/aromatic N) is 1. The first-order valence-electron chi connectivity index (χ1n) is 12.7. The maximum absolute atomic E-state index is 12.7. The predicted octanol–water partition coefficient (Wildman–Crippen LogP) is 6.19. The van der Waals surface area contributed by atoms with Crippen LogP contribution in [-0.2, 0) is 11.3 Å². The summed E-state index contributed by atoms with van der Waals surface area (Å²) in [5, 5.41) is 26.3. The first-order valence-corrected chi connectivity index (χ1v) is 13.7. The molecule has 0 aliphatic rings. The third-order valence-electron chi connectivity index (χ3n) is 6.60. The summed E-state index contributed by atoms with van der Waals surface area (Å²) in [7, 11) is 0. The summed E-state index contributed by atoms with van der Waals surface area (Å²) in [5.74, 6) is -3.35. The van der Waals surface area contributed by atoms with E-state index in [-0.39, 0.29) is 22.8 Å². The van der Waals surface area contributed by atoms with Crippen LogP contribution in [0.15, 0.2) is 89.8 Å². The Morgan fingerprint density at radius 2 is 1.44 bits per heavy atom. The second kappa shape index (κ2) is 11.6. The summed E-state index contributed by atoms with van der Waals surface area (Å²) in [6.07, 6.45) is 0. The van der Waals surface area contributed by atoms with Gasteiger partial charge in [-0.15, -0.1) is 11.8 Å². The SMILES string of the molecule is CCn1c2ccccc2c2cc(NC(=O)CSc3ccc(NC(=O)c4ccc(C(=O)O)cc4C(=O)O)cc3)ccc21. The lowest BCUT2D eigenvalue weighted by atomic mass is 10.0. The molecular weight excluding hydrogens is 542 g/mol. The molecule has 5 aromatic rings. The molecule has 4 N–H and O–H groups in total. The van der Waals surface area contributed by atoms with E-state index in [1.165, 1.54) is 23.9 Å². The van der Waals surface area contributed by atoms with E-state index in [9.17, 15) is 24.3 Å². The van der Waals surface area contributed by atoms with Gasteiger partial charge in [0.2, 0.25) is 5.91 Å². The Kier molecular flexibility index (Phi) is 7.75. The fraction of sp³-hybridized carbons (Fsp3) is 0.0968. The maximum Gasteiger partial charge on any atom is 0.336 e. The smallest absolute Gasteiger partial charge is 0.336 e. The molecule has 2 amide bonds. The number of rotatable bonds is 9. The van der Waals surface area contributed by atoms with E-state index in [0.717, 1.165) is 45.0 Å². The van der Waals surface area contributed by atoms with Crippen LogP contribution in [0, 0.1) is 0 Å². The molecule has 0 aliphatic heterocycles. The molecule has 5 rings (SSSR count). The number of hydrogen-bond acceptors (Lipinski definition) is 5. The minimum atomic E-state index is -1.41. The highest BCUT2D eigenvalue weighted by atomic mass is 32.2. The summed E-state index contributed by atoms with van der Waals surface area (Å²) in [6, 6.07) is 24.2. The van der Waals surface area contributed by atoms with Crippen LogP contribution in [0.2, 0.25) is 0 Å². The van der Waals surface area contributed by atoms with Crippen molar-refractivity contribution < 1.29 is 29.4 Å². The van der Waals surface area contributed by atoms with Crippen LogP contribution in [0.5, 0.6) is 0 Å². The number of benzene rings is 4. The average Bonchev–Trinajstić information content (AvgIpc) is 3.29. The molecule has 0 radical (unpaired) electrons. The number of hydrogen-bond donors (Lipinski definition) is 4. The van der Waals surface area contributed by atoms with Crippen LogP contribution in [0.25, 0.3) is 21.8 Å². The van der Waals surface area contributed by atoms with Gasteiger partial charge in [0, 0.05) is 44.6 Å². The number of carboxylic acids is 2. The van der Waals surface area contributed by atoms with E-state index < -0.39 is 23.4 Å². The number of fused-ring (bicyclic) bond motifs is 3. The van der Waals surface area contributed by atoms with Gasteiger partial charge in [0.1, 0.15) is 0 Å². The van der Waals surface area contributed by atoms with Crippen LogP contribution in [0.1, 0.15) is 38.0 Å². The molecule has 1 aromatic heterocycles. The van der Waals surface area contributed by atoms with Crippen LogP contribution in [-0.4, -0.2) is 44.3 Å². The Hall–Kier alpha value is -5.09. The predicted molar refractivity (Wildman–Crippen MR) is 159 cm³/mol. The molecule has 1 heterocycles. The van der Waals surface area contributed by atoms with Crippen LogP contribution in [0.4, 0.5) is 11.4 Å². The van der Waals surface area contributed by atoms with Crippen molar-refractivity contribution in [1.29, 1.82) is 0 Å². The number of carbonyl (C=O) groups is 4. The van der Waals surface area contributed by atoms with Crippen molar-refractivity contribution in [1.82, 2.24) is 4.57 Å². The van der Waals surface area contributed by atoms with Gasteiger partial charge in [0.25, 0.3) is 5.91 Å². The van der Waals surface area contributed by atoms with E-state index in [4.69, 9.17) is 5.11 Å². The molecule has 0 saturated carbocycles. The highest BCUT2D eigenvalue weighted by Gasteiger charge is 2.19. The summed E-state index contributed by atoms with van der Waals surface area (Å²) in [6.45, 7) is 2.95. The van der Waals surface area contributed by atoms with Gasteiger partial charge in [-0.1, -0.05) is 18.2 Å². The number of para-hydroxylation sites is 1. The third kappa shape index (κ3) is 5.78. The zero-order valence-corrected chi connectivity index (χ0v) is 22.7. The maximum atomic E-state index is 12.7. The molecule has 0 bridgehead atoms. The Morgan fingerprint density at radius 3 is 2.15 bits per heavy atom. The molecule has 9 nitrogen and oxygen atoms in total. The van der Waals surface area contributed by atoms with Gasteiger partial charge in [-0.2, -0.15) is 0 Å². The van der Waals surface area contributed by atoms with Gasteiger partial charge in [-0.3, -0.25) is 9.59 Å². The van der Waals surface area contributed by atoms with Crippen LogP contribution < -0.4 is 10.6 Å². The van der Waals surface area contributed by atoms with E-state index in [0.29, 0.717) is 5.69 Å². The van der Waals surface area contributed by atoms with Gasteiger partial charge in [-0.05, 0) is 73.7 Å². The fourth-order valence-electron chi connectivity index (χ4n) is 4.70. The quantitative estimate of drug-likeness (QED) is 0.156. The number of anilines is 2. The number of aromatic nitrogens is 1. The highest BCUT2D eigenvalue weighted by molar-refractivity contribution is 8.00. The fourth-order valence-corrected chi connectivity index (χ4v) is 5.40. The Morgan fingerprint density at radius 1 is 0.732 bits per heavy atom. The molecule has 4 aromatic carbocycles. The van der Waals surface area contributed by atoms with Crippen molar-refractivity contribution in [2.75, 3.05) is 16.4 Å². The van der Waals surface area contributed by atoms with Crippen molar-refractivity contribution in [2.45, 2.75) is 18.4 Å². The second-order valence-corrected chi connectivity index (χ2v) is 10.2. The van der Waals surface area contributed by atoms with Crippen molar-refractivity contribution >= 4 is 68.7 Å². The van der Waals surface area contributed by atoms with E-state index in [2.05, 4.69) is 34.3 Å². The molecule has 0 saturated heterocycles. The number of aromatic carboxylic acids is 2. The number of thioether (sulfide) groups is 1. The number of aryl methyl sites for hydroxylation is 1. The zero-order chi connectivity index (χ0) is 29.1. The molecule has 0 spiro atoms. The van der Waals surface area contributed by atoms with Crippen molar-refractivity contribution in [3.8, 4) is 0 Å². The number of amides is 2. The molecule has 10 heteroatoms. The largest absolute Gasteiger partial charge is 0.478 e. The van der Waals surface area contributed by atoms with Crippen molar-refractivity contribution in [3.63, 3.8) is 0 Å². The Bertz CT molecular complexity index is 1830. The molecule has 206 valence electrons. The highest BCUT2D eigenvalue weighted by Crippen LogP contribution is 2.31. The Labute approximate surface area is 238 Å². The standard InChI is InChI=1S/C31H25N3O6S/c1-2-34-26-6-4-3-5-22(26)24-16-20(10-14-27(24)34)32-28(35)17-41-21-11-8-19(9-12-21)33-29(36)23-13-7-18(30(37)38)15-25(23)31(39)40/h3-16H,2,17H2,1H3,(H,32,35)(H,33,36)(H,37,38)(H,39,40). The minimum Gasteiger partial charge on any atom is -0.478 e. The minimum absolute atomic E-state index is 0.156. The van der Waals surface area contributed by atoms with Gasteiger partial charge in [-0.25, -0.2) is 9.59 Å². The van der Waals surface area contributed by atoms with E-state index in [1.54, 1.807) is 24.3 Å². The van der Waals surface area contributed by atoms with Gasteiger partial charge >= 0.3 is 11.9 Å². The average molecular weight is 568 g/mol. The van der Waals surface area contributed by atoms with Crippen molar-refractivity contribution in [2.24, 2.45) is 0 Å². The second-order valence-electron chi connectivity index (χ2n) is 9.18. The summed E-state index contributed by atoms with van der Waals surface area (Å²) in [5.41, 5.74) is 2.62. The normalized spacial score (nSPS) is 11.0. The lowest BCUT2D eigenvalue weighted by Crippen LogP contribution is -2.17. The lowest BCUT2D eigenvalue weighted by Gasteiger charge is -2.10. The van der Waals surface area contributed by atoms with E-state index in [1.807, 2.05) is 30.3 Å². The first kappa shape index (κ1) is 27.5. The number of carboxylic acid groups (broad SMARTS) is 2. The topological polar surface area (TPSA) is 138 Å². The Balaban J connectivity index is 1.21. The molecule has 0 aliphatic carbocycles. The molecular formula is C31H25N3O6S. The van der Waals surface area contributed by atoms with Crippen LogP contribution >= 0.6 is 11.8 Å². The summed E-state index contributed by atoms with van der Waals surface area (Å²) >= 11 is 1.33.